The lowest BCUT2D eigenvalue weighted by atomic mass is 9.94. The van der Waals surface area contributed by atoms with Crippen LogP contribution in [0, 0.1) is 0 Å². The highest BCUT2D eigenvalue weighted by Crippen LogP contribution is 2.26. The van der Waals surface area contributed by atoms with Crippen LogP contribution in [0.25, 0.3) is 0 Å². The molecule has 0 aliphatic heterocycles. The maximum absolute atomic E-state index is 13.1. The minimum Gasteiger partial charge on any atom is -0.459 e. The van der Waals surface area contributed by atoms with E-state index in [4.69, 9.17) is 16.0 Å². The monoisotopic (exact) mass is 397 g/mol. The van der Waals surface area contributed by atoms with Crippen LogP contribution in [0.1, 0.15) is 54.0 Å². The molecule has 0 atom stereocenters. The predicted octanol–water partition coefficient (Wildman–Crippen LogP) is 5.15. The van der Waals surface area contributed by atoms with Crippen molar-refractivity contribution in [2.75, 3.05) is 0 Å². The Balaban J connectivity index is 1.57. The van der Waals surface area contributed by atoms with Crippen LogP contribution in [-0.4, -0.2) is 26.4 Å². The first kappa shape index (κ1) is 18.8. The van der Waals surface area contributed by atoms with Gasteiger partial charge >= 0.3 is 0 Å². The third kappa shape index (κ3) is 4.30. The Hall–Kier alpha value is -2.53. The van der Waals surface area contributed by atoms with Gasteiger partial charge in [-0.05, 0) is 42.7 Å². The molecule has 2 aromatic heterocycles. The molecule has 2 heterocycles. The summed E-state index contributed by atoms with van der Waals surface area (Å²) in [6, 6.07) is 11.5. The number of carbonyl (C=O) groups is 1. The Kier molecular flexibility index (Phi) is 5.81. The standard InChI is InChI=1S/C22H24ClN3O2/c23-18-7-4-6-17(14-18)15-25-12-11-24-21(25)16-26(19-8-2-1-3-9-19)22(27)20-10-5-13-28-20/h4-7,10-14,19H,1-3,8-9,15-16H2. The lowest BCUT2D eigenvalue weighted by molar-refractivity contribution is 0.0572. The fourth-order valence-electron chi connectivity index (χ4n) is 3.92. The van der Waals surface area contributed by atoms with Crippen molar-refractivity contribution in [3.63, 3.8) is 0 Å². The predicted molar refractivity (Wildman–Crippen MR) is 108 cm³/mol. The normalized spacial score (nSPS) is 14.9. The molecule has 1 fully saturated rings. The molecule has 1 aromatic carbocycles. The molecule has 0 saturated heterocycles. The molecular weight excluding hydrogens is 374 g/mol. The van der Waals surface area contributed by atoms with Gasteiger partial charge in [0.25, 0.3) is 5.91 Å². The number of aromatic nitrogens is 2. The molecule has 0 unspecified atom stereocenters. The third-order valence-electron chi connectivity index (χ3n) is 5.36. The second-order valence-corrected chi connectivity index (χ2v) is 7.74. The van der Waals surface area contributed by atoms with Crippen molar-refractivity contribution < 1.29 is 9.21 Å². The summed E-state index contributed by atoms with van der Waals surface area (Å²) in [5, 5.41) is 0.719. The largest absolute Gasteiger partial charge is 0.459 e. The lowest BCUT2D eigenvalue weighted by Crippen LogP contribution is -2.41. The Bertz CT molecular complexity index is 914. The molecule has 1 aliphatic carbocycles. The number of hydrogen-bond donors (Lipinski definition) is 0. The van der Waals surface area contributed by atoms with Crippen molar-refractivity contribution >= 4 is 17.5 Å². The van der Waals surface area contributed by atoms with Gasteiger partial charge in [-0.2, -0.15) is 0 Å². The Morgan fingerprint density at radius 2 is 2.07 bits per heavy atom. The van der Waals surface area contributed by atoms with Gasteiger partial charge in [0.1, 0.15) is 5.82 Å². The zero-order valence-electron chi connectivity index (χ0n) is 15.8. The molecule has 0 N–H and O–H groups in total. The molecule has 3 aromatic rings. The van der Waals surface area contributed by atoms with Crippen LogP contribution < -0.4 is 0 Å². The Labute approximate surface area is 169 Å². The summed E-state index contributed by atoms with van der Waals surface area (Å²) in [4.78, 5) is 19.6. The minimum atomic E-state index is -0.0609. The summed E-state index contributed by atoms with van der Waals surface area (Å²) in [6.07, 6.45) is 10.9. The maximum Gasteiger partial charge on any atom is 0.290 e. The smallest absolute Gasteiger partial charge is 0.290 e. The molecule has 6 heteroatoms. The third-order valence-corrected chi connectivity index (χ3v) is 5.60. The van der Waals surface area contributed by atoms with Gasteiger partial charge in [0.15, 0.2) is 5.76 Å². The van der Waals surface area contributed by atoms with Crippen molar-refractivity contribution in [2.45, 2.75) is 51.2 Å². The highest BCUT2D eigenvalue weighted by Gasteiger charge is 2.29. The topological polar surface area (TPSA) is 51.3 Å². The number of rotatable bonds is 6. The first-order valence-corrected chi connectivity index (χ1v) is 10.2. The van der Waals surface area contributed by atoms with Gasteiger partial charge in [0.05, 0.1) is 12.8 Å². The Morgan fingerprint density at radius 1 is 1.21 bits per heavy atom. The molecule has 1 aliphatic rings. The van der Waals surface area contributed by atoms with Crippen molar-refractivity contribution in [1.82, 2.24) is 14.5 Å². The molecular formula is C22H24ClN3O2. The zero-order chi connectivity index (χ0) is 19.3. The number of halogens is 1. The van der Waals surface area contributed by atoms with Crippen molar-refractivity contribution in [3.05, 3.63) is 77.2 Å². The number of hydrogen-bond acceptors (Lipinski definition) is 3. The van der Waals surface area contributed by atoms with Crippen LogP contribution in [0.5, 0.6) is 0 Å². The van der Waals surface area contributed by atoms with E-state index in [2.05, 4.69) is 9.55 Å². The highest BCUT2D eigenvalue weighted by atomic mass is 35.5. The fourth-order valence-corrected chi connectivity index (χ4v) is 4.13. The summed E-state index contributed by atoms with van der Waals surface area (Å²) in [5.41, 5.74) is 1.10. The molecule has 0 radical (unpaired) electrons. The van der Waals surface area contributed by atoms with E-state index in [1.165, 1.54) is 6.42 Å². The van der Waals surface area contributed by atoms with E-state index in [0.29, 0.717) is 18.8 Å². The second-order valence-electron chi connectivity index (χ2n) is 7.30. The van der Waals surface area contributed by atoms with E-state index in [1.807, 2.05) is 35.4 Å². The second kappa shape index (κ2) is 8.65. The molecule has 1 saturated carbocycles. The number of benzene rings is 1. The molecule has 28 heavy (non-hydrogen) atoms. The number of nitrogens with zero attached hydrogens (tertiary/aromatic N) is 3. The van der Waals surface area contributed by atoms with Gasteiger partial charge in [0.2, 0.25) is 0 Å². The molecule has 5 nitrogen and oxygen atoms in total. The molecule has 4 rings (SSSR count). The average Bonchev–Trinajstić information content (AvgIpc) is 3.39. The van der Waals surface area contributed by atoms with E-state index >= 15 is 0 Å². The summed E-state index contributed by atoms with van der Waals surface area (Å²) < 4.78 is 7.47. The van der Waals surface area contributed by atoms with E-state index in [9.17, 15) is 4.79 Å². The maximum atomic E-state index is 13.1. The van der Waals surface area contributed by atoms with Crippen LogP contribution >= 0.6 is 11.6 Å². The van der Waals surface area contributed by atoms with Crippen molar-refractivity contribution in [2.24, 2.45) is 0 Å². The van der Waals surface area contributed by atoms with Gasteiger partial charge in [-0.25, -0.2) is 4.98 Å². The van der Waals surface area contributed by atoms with E-state index in [1.54, 1.807) is 24.6 Å². The van der Waals surface area contributed by atoms with Gasteiger partial charge in [0, 0.05) is 30.0 Å². The average molecular weight is 398 g/mol. The minimum absolute atomic E-state index is 0.0609. The van der Waals surface area contributed by atoms with E-state index < -0.39 is 0 Å². The fraction of sp³-hybridized carbons (Fsp3) is 0.364. The van der Waals surface area contributed by atoms with Gasteiger partial charge in [-0.1, -0.05) is 43.0 Å². The quantitative estimate of drug-likeness (QED) is 0.577. The number of amides is 1. The first-order valence-electron chi connectivity index (χ1n) is 9.79. The highest BCUT2D eigenvalue weighted by molar-refractivity contribution is 6.30. The lowest BCUT2D eigenvalue weighted by Gasteiger charge is -2.33. The molecule has 0 bridgehead atoms. The van der Waals surface area contributed by atoms with Gasteiger partial charge < -0.3 is 13.9 Å². The molecule has 1 amide bonds. The van der Waals surface area contributed by atoms with Crippen LogP contribution in [0.15, 0.2) is 59.5 Å². The van der Waals surface area contributed by atoms with E-state index in [0.717, 1.165) is 42.1 Å². The van der Waals surface area contributed by atoms with Crippen LogP contribution in [0.2, 0.25) is 5.02 Å². The SMILES string of the molecule is O=C(c1ccco1)N(Cc1nccn1Cc1cccc(Cl)c1)C1CCCCC1. The Morgan fingerprint density at radius 3 is 2.82 bits per heavy atom. The summed E-state index contributed by atoms with van der Waals surface area (Å²) in [5.74, 6) is 1.19. The number of furan rings is 1. The van der Waals surface area contributed by atoms with E-state index in [-0.39, 0.29) is 11.9 Å². The van der Waals surface area contributed by atoms with Crippen LogP contribution in [-0.2, 0) is 13.1 Å². The van der Waals surface area contributed by atoms with Gasteiger partial charge in [-0.3, -0.25) is 4.79 Å². The summed E-state index contributed by atoms with van der Waals surface area (Å²) in [6.45, 7) is 1.14. The van der Waals surface area contributed by atoms with Crippen molar-refractivity contribution in [3.8, 4) is 0 Å². The molecule has 0 spiro atoms. The first-order chi connectivity index (χ1) is 13.7. The van der Waals surface area contributed by atoms with Crippen molar-refractivity contribution in [1.29, 1.82) is 0 Å². The molecule has 146 valence electrons. The summed E-state index contributed by atoms with van der Waals surface area (Å²) >= 11 is 6.12. The summed E-state index contributed by atoms with van der Waals surface area (Å²) in [7, 11) is 0. The van der Waals surface area contributed by atoms with Gasteiger partial charge in [-0.15, -0.1) is 0 Å². The van der Waals surface area contributed by atoms with Crippen LogP contribution in [0.4, 0.5) is 0 Å². The zero-order valence-corrected chi connectivity index (χ0v) is 16.5. The van der Waals surface area contributed by atoms with Crippen LogP contribution in [0.3, 0.4) is 0 Å². The number of imidazole rings is 1. The number of carbonyl (C=O) groups excluding carboxylic acids is 1.